The first-order chi connectivity index (χ1) is 14.7. The monoisotopic (exact) mass is 435 g/mol. The van der Waals surface area contributed by atoms with Gasteiger partial charge in [0, 0.05) is 30.8 Å². The number of carbonyl (C=O) groups excluding carboxylic acids is 1. The molecule has 10 heteroatoms. The third-order valence-corrected chi connectivity index (χ3v) is 5.36. The van der Waals surface area contributed by atoms with E-state index in [4.69, 9.17) is 4.74 Å². The molecule has 1 saturated carbocycles. The maximum Gasteiger partial charge on any atom is 0.416 e. The molecule has 1 heterocycles. The number of hydrogen-bond donors (Lipinski definition) is 1. The Bertz CT molecular complexity index is 990. The Morgan fingerprint density at radius 3 is 2.48 bits per heavy atom. The van der Waals surface area contributed by atoms with Crippen molar-refractivity contribution in [3.8, 4) is 0 Å². The van der Waals surface area contributed by atoms with Crippen molar-refractivity contribution >= 4 is 17.3 Å². The molecule has 7 nitrogen and oxygen atoms in total. The number of nitro groups is 1. The molecule has 2 fully saturated rings. The SMILES string of the molecule is O=C(NC1CC1)c1ccc(N2CCOC(c3ccc(C(F)(F)F)cc3)C2)c([N+](=O)[O-])c1. The van der Waals surface area contributed by atoms with Gasteiger partial charge in [-0.15, -0.1) is 0 Å². The molecule has 1 N–H and O–H groups in total. The molecule has 1 amide bonds. The van der Waals surface area contributed by atoms with Crippen LogP contribution in [0.25, 0.3) is 0 Å². The van der Waals surface area contributed by atoms with Crippen LogP contribution in [-0.4, -0.2) is 36.6 Å². The molecule has 2 aliphatic rings. The van der Waals surface area contributed by atoms with Crippen molar-refractivity contribution in [2.45, 2.75) is 31.2 Å². The fraction of sp³-hybridized carbons (Fsp3) is 0.381. The van der Waals surface area contributed by atoms with E-state index in [2.05, 4.69) is 5.32 Å². The average Bonchev–Trinajstić information content (AvgIpc) is 3.57. The van der Waals surface area contributed by atoms with Crippen molar-refractivity contribution < 1.29 is 27.6 Å². The molecule has 0 bridgehead atoms. The fourth-order valence-electron chi connectivity index (χ4n) is 3.53. The van der Waals surface area contributed by atoms with Crippen LogP contribution in [0.5, 0.6) is 0 Å². The van der Waals surface area contributed by atoms with Crippen LogP contribution in [0.4, 0.5) is 24.5 Å². The molecule has 1 aliphatic carbocycles. The third-order valence-electron chi connectivity index (χ3n) is 5.36. The highest BCUT2D eigenvalue weighted by molar-refractivity contribution is 5.96. The predicted molar refractivity (Wildman–Crippen MR) is 106 cm³/mol. The number of benzene rings is 2. The molecule has 2 aromatic carbocycles. The van der Waals surface area contributed by atoms with E-state index in [1.54, 1.807) is 11.0 Å². The van der Waals surface area contributed by atoms with E-state index >= 15 is 0 Å². The Balaban J connectivity index is 1.54. The number of hydrogen-bond acceptors (Lipinski definition) is 5. The minimum atomic E-state index is -4.42. The number of carbonyl (C=O) groups is 1. The average molecular weight is 435 g/mol. The van der Waals surface area contributed by atoms with Gasteiger partial charge in [-0.2, -0.15) is 13.2 Å². The van der Waals surface area contributed by atoms with E-state index in [-0.39, 0.29) is 36.4 Å². The summed E-state index contributed by atoms with van der Waals surface area (Å²) in [5.41, 5.74) is 0.167. The molecular formula is C21H20F3N3O4. The van der Waals surface area contributed by atoms with Crippen molar-refractivity contribution in [1.82, 2.24) is 5.32 Å². The summed E-state index contributed by atoms with van der Waals surface area (Å²) in [7, 11) is 0. The Morgan fingerprint density at radius 1 is 1.16 bits per heavy atom. The van der Waals surface area contributed by atoms with Crippen molar-refractivity contribution in [3.63, 3.8) is 0 Å². The molecule has 1 aliphatic heterocycles. The first kappa shape index (κ1) is 21.1. The molecule has 1 saturated heterocycles. The molecule has 4 rings (SSSR count). The van der Waals surface area contributed by atoms with Gasteiger partial charge in [0.05, 0.1) is 17.1 Å². The van der Waals surface area contributed by atoms with Crippen molar-refractivity contribution in [2.75, 3.05) is 24.6 Å². The van der Waals surface area contributed by atoms with E-state index < -0.39 is 22.8 Å². The normalized spacial score (nSPS) is 19.2. The Labute approximate surface area is 175 Å². The van der Waals surface area contributed by atoms with Gasteiger partial charge in [0.15, 0.2) is 0 Å². The Morgan fingerprint density at radius 2 is 1.87 bits per heavy atom. The smallest absolute Gasteiger partial charge is 0.370 e. The van der Waals surface area contributed by atoms with Crippen LogP contribution >= 0.6 is 0 Å². The second-order valence-corrected chi connectivity index (χ2v) is 7.63. The summed E-state index contributed by atoms with van der Waals surface area (Å²) in [5, 5.41) is 14.5. The summed E-state index contributed by atoms with van der Waals surface area (Å²) in [5.74, 6) is -0.346. The maximum absolute atomic E-state index is 12.8. The van der Waals surface area contributed by atoms with E-state index in [1.165, 1.54) is 24.3 Å². The second kappa shape index (κ2) is 8.18. The predicted octanol–water partition coefficient (Wildman–Crippen LogP) is 4.08. The highest BCUT2D eigenvalue weighted by Crippen LogP contribution is 2.35. The number of ether oxygens (including phenoxy) is 1. The number of anilines is 1. The largest absolute Gasteiger partial charge is 0.416 e. The van der Waals surface area contributed by atoms with Crippen molar-refractivity contribution in [2.24, 2.45) is 0 Å². The molecule has 164 valence electrons. The summed E-state index contributed by atoms with van der Waals surface area (Å²) < 4.78 is 44.1. The van der Waals surface area contributed by atoms with Crippen LogP contribution in [0.2, 0.25) is 0 Å². The quantitative estimate of drug-likeness (QED) is 0.565. The topological polar surface area (TPSA) is 84.7 Å². The molecule has 0 spiro atoms. The van der Waals surface area contributed by atoms with Gasteiger partial charge in [0.2, 0.25) is 0 Å². The molecule has 1 unspecified atom stereocenters. The molecule has 0 radical (unpaired) electrons. The number of alkyl halides is 3. The molecule has 2 aromatic rings. The lowest BCUT2D eigenvalue weighted by atomic mass is 10.0. The molecule has 31 heavy (non-hydrogen) atoms. The summed E-state index contributed by atoms with van der Waals surface area (Å²) in [6.07, 6.45) is -3.14. The van der Waals surface area contributed by atoms with Gasteiger partial charge < -0.3 is 15.0 Å². The minimum Gasteiger partial charge on any atom is -0.370 e. The number of morpholine rings is 1. The first-order valence-corrected chi connectivity index (χ1v) is 9.85. The molecule has 0 aromatic heterocycles. The van der Waals surface area contributed by atoms with Crippen molar-refractivity contribution in [3.05, 3.63) is 69.3 Å². The summed E-state index contributed by atoms with van der Waals surface area (Å²) in [6.45, 7) is 0.873. The summed E-state index contributed by atoms with van der Waals surface area (Å²) in [4.78, 5) is 25.1. The van der Waals surface area contributed by atoms with E-state index in [0.29, 0.717) is 17.8 Å². The van der Waals surface area contributed by atoms with Gasteiger partial charge in [0.25, 0.3) is 11.6 Å². The van der Waals surface area contributed by atoms with Crippen LogP contribution in [0.15, 0.2) is 42.5 Å². The first-order valence-electron chi connectivity index (χ1n) is 9.85. The maximum atomic E-state index is 12.8. The molecular weight excluding hydrogens is 415 g/mol. The lowest BCUT2D eigenvalue weighted by Crippen LogP contribution is -2.38. The zero-order chi connectivity index (χ0) is 22.2. The van der Waals surface area contributed by atoms with E-state index in [9.17, 15) is 28.1 Å². The number of nitro benzene ring substituents is 1. The van der Waals surface area contributed by atoms with Gasteiger partial charge in [-0.1, -0.05) is 12.1 Å². The van der Waals surface area contributed by atoms with Crippen LogP contribution < -0.4 is 10.2 Å². The van der Waals surface area contributed by atoms with E-state index in [0.717, 1.165) is 25.0 Å². The van der Waals surface area contributed by atoms with Crippen LogP contribution in [0.3, 0.4) is 0 Å². The number of rotatable bonds is 5. The number of nitrogens with one attached hydrogen (secondary N) is 1. The highest BCUT2D eigenvalue weighted by Gasteiger charge is 2.32. The van der Waals surface area contributed by atoms with Gasteiger partial charge in [-0.25, -0.2) is 0 Å². The zero-order valence-corrected chi connectivity index (χ0v) is 16.4. The van der Waals surface area contributed by atoms with Crippen LogP contribution in [-0.2, 0) is 10.9 Å². The van der Waals surface area contributed by atoms with Gasteiger partial charge >= 0.3 is 6.18 Å². The second-order valence-electron chi connectivity index (χ2n) is 7.63. The third kappa shape index (κ3) is 4.79. The Hall–Kier alpha value is -3.14. The van der Waals surface area contributed by atoms with Crippen molar-refractivity contribution in [1.29, 1.82) is 0 Å². The number of nitrogens with zero attached hydrogens (tertiary/aromatic N) is 2. The summed E-state index contributed by atoms with van der Waals surface area (Å²) in [6, 6.07) is 9.18. The van der Waals surface area contributed by atoms with Gasteiger partial charge in [-0.05, 0) is 42.7 Å². The lowest BCUT2D eigenvalue weighted by molar-refractivity contribution is -0.384. The minimum absolute atomic E-state index is 0.134. The van der Waals surface area contributed by atoms with E-state index in [1.807, 2.05) is 0 Å². The lowest BCUT2D eigenvalue weighted by Gasteiger charge is -2.34. The standard InChI is InChI=1S/C21H20F3N3O4/c22-21(23,24)15-4-1-13(2-5-15)19-12-26(9-10-31-19)17-8-3-14(11-18(17)27(29)30)20(28)25-16-6-7-16/h1-5,8,11,16,19H,6-7,9-10,12H2,(H,25,28). The zero-order valence-electron chi connectivity index (χ0n) is 16.4. The number of amides is 1. The highest BCUT2D eigenvalue weighted by atomic mass is 19.4. The number of halogens is 3. The van der Waals surface area contributed by atoms with Gasteiger partial charge in [-0.3, -0.25) is 14.9 Å². The van der Waals surface area contributed by atoms with Crippen LogP contribution in [0.1, 0.15) is 40.4 Å². The van der Waals surface area contributed by atoms with Gasteiger partial charge in [0.1, 0.15) is 11.8 Å². The summed E-state index contributed by atoms with van der Waals surface area (Å²) >= 11 is 0. The Kier molecular flexibility index (Phi) is 5.57. The molecule has 1 atom stereocenters. The van der Waals surface area contributed by atoms with Crippen LogP contribution in [0, 0.1) is 10.1 Å². The fourth-order valence-corrected chi connectivity index (χ4v) is 3.53.